The van der Waals surface area contributed by atoms with Gasteiger partial charge in [0.15, 0.2) is 5.89 Å². The second-order valence-electron chi connectivity index (χ2n) is 7.98. The van der Waals surface area contributed by atoms with Crippen LogP contribution in [0.3, 0.4) is 0 Å². The molecule has 1 aliphatic rings. The maximum atomic E-state index is 13.0. The van der Waals surface area contributed by atoms with Crippen molar-refractivity contribution in [1.29, 1.82) is 0 Å². The summed E-state index contributed by atoms with van der Waals surface area (Å²) < 4.78 is 7.64. The number of hydrogen-bond donors (Lipinski definition) is 0. The van der Waals surface area contributed by atoms with E-state index in [4.69, 9.17) is 9.40 Å². The predicted molar refractivity (Wildman–Crippen MR) is 114 cm³/mol. The minimum atomic E-state index is -0.226. The molecule has 30 heavy (non-hydrogen) atoms. The van der Waals surface area contributed by atoms with Gasteiger partial charge in [0.1, 0.15) is 5.65 Å². The van der Waals surface area contributed by atoms with Crippen molar-refractivity contribution in [3.8, 4) is 0 Å². The number of oxazole rings is 1. The highest BCUT2D eigenvalue weighted by Crippen LogP contribution is 2.41. The summed E-state index contributed by atoms with van der Waals surface area (Å²) in [5.41, 5.74) is 3.66. The van der Waals surface area contributed by atoms with Crippen LogP contribution in [0.2, 0.25) is 0 Å². The molecule has 0 saturated carbocycles. The van der Waals surface area contributed by atoms with E-state index in [2.05, 4.69) is 39.8 Å². The highest BCUT2D eigenvalue weighted by molar-refractivity contribution is 5.92. The number of pyridine rings is 1. The van der Waals surface area contributed by atoms with Gasteiger partial charge in [0.25, 0.3) is 5.91 Å². The van der Waals surface area contributed by atoms with Gasteiger partial charge in [-0.05, 0) is 37.5 Å². The minimum Gasteiger partial charge on any atom is -0.436 e. The monoisotopic (exact) mass is 400 g/mol. The molecule has 1 amide bonds. The van der Waals surface area contributed by atoms with Crippen LogP contribution < -0.4 is 0 Å². The van der Waals surface area contributed by atoms with E-state index in [1.54, 1.807) is 6.92 Å². The molecule has 152 valence electrons. The number of imidazole rings is 1. The van der Waals surface area contributed by atoms with Crippen LogP contribution in [0.5, 0.6) is 0 Å². The summed E-state index contributed by atoms with van der Waals surface area (Å²) in [6.45, 7) is 4.87. The Kier molecular flexibility index (Phi) is 4.42. The Bertz CT molecular complexity index is 1170. The molecule has 1 aromatic carbocycles. The van der Waals surface area contributed by atoms with Crippen LogP contribution >= 0.6 is 0 Å². The number of hydrogen-bond acceptors (Lipinski definition) is 4. The first kappa shape index (κ1) is 18.6. The number of carbonyl (C=O) groups excluding carboxylic acids is 1. The smallest absolute Gasteiger partial charge is 0.291 e. The van der Waals surface area contributed by atoms with E-state index in [1.807, 2.05) is 42.3 Å². The number of piperidine rings is 1. The molecule has 0 unspecified atom stereocenters. The quantitative estimate of drug-likeness (QED) is 0.518. The lowest BCUT2D eigenvalue weighted by molar-refractivity contribution is 0.0649. The van der Waals surface area contributed by atoms with Gasteiger partial charge >= 0.3 is 0 Å². The second kappa shape index (κ2) is 7.13. The number of rotatable bonds is 3. The number of carbonyl (C=O) groups is 1. The van der Waals surface area contributed by atoms with Crippen molar-refractivity contribution in [1.82, 2.24) is 19.3 Å². The third kappa shape index (κ3) is 3.00. The number of fused-ring (bicyclic) bond motifs is 1. The topological polar surface area (TPSA) is 63.6 Å². The Hall–Kier alpha value is -3.41. The molecule has 0 aliphatic carbocycles. The van der Waals surface area contributed by atoms with Gasteiger partial charge in [0, 0.05) is 37.8 Å². The second-order valence-corrected chi connectivity index (χ2v) is 7.98. The Balaban J connectivity index is 1.49. The van der Waals surface area contributed by atoms with Gasteiger partial charge in [-0.1, -0.05) is 36.4 Å². The van der Waals surface area contributed by atoms with Crippen molar-refractivity contribution in [2.45, 2.75) is 32.1 Å². The van der Waals surface area contributed by atoms with Crippen LogP contribution in [0.15, 0.2) is 65.3 Å². The van der Waals surface area contributed by atoms with E-state index < -0.39 is 0 Å². The number of benzene rings is 1. The van der Waals surface area contributed by atoms with Crippen molar-refractivity contribution in [3.05, 3.63) is 89.5 Å². The Morgan fingerprint density at radius 3 is 2.40 bits per heavy atom. The lowest BCUT2D eigenvalue weighted by Crippen LogP contribution is -2.46. The summed E-state index contributed by atoms with van der Waals surface area (Å²) >= 11 is 0. The fourth-order valence-corrected chi connectivity index (χ4v) is 4.58. The lowest BCUT2D eigenvalue weighted by Gasteiger charge is -2.41. The molecule has 0 atom stereocenters. The third-order valence-corrected chi connectivity index (χ3v) is 6.18. The van der Waals surface area contributed by atoms with Gasteiger partial charge in [-0.3, -0.25) is 4.79 Å². The van der Waals surface area contributed by atoms with Gasteiger partial charge in [0.2, 0.25) is 5.76 Å². The van der Waals surface area contributed by atoms with Crippen molar-refractivity contribution < 1.29 is 9.21 Å². The zero-order valence-electron chi connectivity index (χ0n) is 17.2. The molecule has 0 N–H and O–H groups in total. The molecule has 5 rings (SSSR count). The van der Waals surface area contributed by atoms with E-state index in [-0.39, 0.29) is 11.3 Å². The molecule has 1 aliphatic heterocycles. The van der Waals surface area contributed by atoms with E-state index >= 15 is 0 Å². The molecule has 0 spiro atoms. The molecular weight excluding hydrogens is 376 g/mol. The average molecular weight is 400 g/mol. The first-order chi connectivity index (χ1) is 14.6. The summed E-state index contributed by atoms with van der Waals surface area (Å²) in [7, 11) is 0. The zero-order chi connectivity index (χ0) is 20.7. The van der Waals surface area contributed by atoms with Crippen molar-refractivity contribution in [3.63, 3.8) is 0 Å². The van der Waals surface area contributed by atoms with Crippen LogP contribution in [0.1, 0.15) is 46.2 Å². The van der Waals surface area contributed by atoms with E-state index in [1.165, 1.54) is 5.56 Å². The standard InChI is InChI=1S/C24H24N4O2/c1-17-22(30-18(2)25-17)23(29)27-14-11-24(12-15-27,19-8-4-3-5-9-19)20-16-28-13-7-6-10-21(28)26-20/h3-10,13,16H,11-12,14-15H2,1-2H3. The van der Waals surface area contributed by atoms with E-state index in [9.17, 15) is 4.79 Å². The number of nitrogens with zero attached hydrogens (tertiary/aromatic N) is 4. The highest BCUT2D eigenvalue weighted by Gasteiger charge is 2.41. The predicted octanol–water partition coefficient (Wildman–Crippen LogP) is 4.16. The van der Waals surface area contributed by atoms with Crippen LogP contribution in [0, 0.1) is 13.8 Å². The SMILES string of the molecule is Cc1nc(C)c(C(=O)N2CCC(c3ccccc3)(c3cn4ccccc4n3)CC2)o1. The van der Waals surface area contributed by atoms with Crippen LogP contribution in [0.25, 0.3) is 5.65 Å². The van der Waals surface area contributed by atoms with Crippen LogP contribution in [-0.4, -0.2) is 38.3 Å². The van der Waals surface area contributed by atoms with Gasteiger partial charge < -0.3 is 13.7 Å². The number of aryl methyl sites for hydroxylation is 2. The molecule has 6 heteroatoms. The van der Waals surface area contributed by atoms with E-state index in [0.717, 1.165) is 24.2 Å². The normalized spacial score (nSPS) is 16.1. The average Bonchev–Trinajstić information content (AvgIpc) is 3.36. The van der Waals surface area contributed by atoms with Crippen molar-refractivity contribution >= 4 is 11.6 Å². The first-order valence-corrected chi connectivity index (χ1v) is 10.3. The number of aromatic nitrogens is 3. The molecule has 4 heterocycles. The summed E-state index contributed by atoms with van der Waals surface area (Å²) in [5.74, 6) is 0.799. The summed E-state index contributed by atoms with van der Waals surface area (Å²) in [6, 6.07) is 16.6. The van der Waals surface area contributed by atoms with Gasteiger partial charge in [-0.25, -0.2) is 9.97 Å². The first-order valence-electron chi connectivity index (χ1n) is 10.3. The number of amides is 1. The molecule has 1 saturated heterocycles. The molecule has 3 aromatic heterocycles. The molecule has 1 fully saturated rings. The molecule has 0 radical (unpaired) electrons. The zero-order valence-corrected chi connectivity index (χ0v) is 17.2. The van der Waals surface area contributed by atoms with Gasteiger partial charge in [-0.2, -0.15) is 0 Å². The van der Waals surface area contributed by atoms with E-state index in [0.29, 0.717) is 30.4 Å². The maximum Gasteiger partial charge on any atom is 0.291 e. The summed E-state index contributed by atoms with van der Waals surface area (Å²) in [6.07, 6.45) is 5.76. The molecule has 0 bridgehead atoms. The van der Waals surface area contributed by atoms with Gasteiger partial charge in [-0.15, -0.1) is 0 Å². The third-order valence-electron chi connectivity index (χ3n) is 6.18. The van der Waals surface area contributed by atoms with Crippen LogP contribution in [-0.2, 0) is 5.41 Å². The van der Waals surface area contributed by atoms with Crippen molar-refractivity contribution in [2.75, 3.05) is 13.1 Å². The summed E-state index contributed by atoms with van der Waals surface area (Å²) in [5, 5.41) is 0. The highest BCUT2D eigenvalue weighted by atomic mass is 16.4. The fourth-order valence-electron chi connectivity index (χ4n) is 4.58. The Morgan fingerprint density at radius 1 is 1.00 bits per heavy atom. The minimum absolute atomic E-state index is 0.0789. The largest absolute Gasteiger partial charge is 0.436 e. The number of likely N-dealkylation sites (tertiary alicyclic amines) is 1. The Labute approximate surface area is 175 Å². The Morgan fingerprint density at radius 2 is 1.73 bits per heavy atom. The maximum absolute atomic E-state index is 13.0. The molecular formula is C24H24N4O2. The lowest BCUT2D eigenvalue weighted by atomic mass is 9.70. The van der Waals surface area contributed by atoms with Gasteiger partial charge in [0.05, 0.1) is 11.4 Å². The van der Waals surface area contributed by atoms with Crippen LogP contribution in [0.4, 0.5) is 0 Å². The fraction of sp³-hybridized carbons (Fsp3) is 0.292. The molecule has 6 nitrogen and oxygen atoms in total. The van der Waals surface area contributed by atoms with Crippen molar-refractivity contribution in [2.24, 2.45) is 0 Å². The summed E-state index contributed by atoms with van der Waals surface area (Å²) in [4.78, 5) is 24.1. The molecule has 4 aromatic rings.